The molecule has 0 aromatic heterocycles. The van der Waals surface area contributed by atoms with Crippen LogP contribution in [0.2, 0.25) is 5.02 Å². The molecule has 0 radical (unpaired) electrons. The van der Waals surface area contributed by atoms with E-state index in [-0.39, 0.29) is 34.9 Å². The zero-order valence-corrected chi connectivity index (χ0v) is 52.8. The van der Waals surface area contributed by atoms with Crippen molar-refractivity contribution in [1.29, 1.82) is 0 Å². The summed E-state index contributed by atoms with van der Waals surface area (Å²) < 4.78 is 99.8. The Bertz CT molecular complexity index is 3710. The molecule has 1 aliphatic carbocycles. The van der Waals surface area contributed by atoms with Gasteiger partial charge in [0, 0.05) is 117 Å². The molecule has 4 heterocycles. The highest BCUT2D eigenvalue weighted by atomic mass is 35.5. The number of rotatable bonds is 23. The van der Waals surface area contributed by atoms with Crippen molar-refractivity contribution >= 4 is 95.4 Å². The molecule has 25 heteroatoms. The number of unbranched alkanes of at least 4 members (excludes halogenated alkanes) is 1. The SMILES string of the molecule is CC1(C)CCC(c2ccc(Cl)cc2)=C(CN2CCN(c3ccc(C(=O)NS(=O)(=O)c4ccc(NC(CCN5CCN(CCCCNc6cccc7c6C(=O)N(C6CCC(=O)NC6=O)C7=O)CC5)CSc5ccccc5)c(S(=O)(=O)C(F)(F)F)c4)cc3)CC2)C1. The molecule has 3 fully saturated rings. The third-order valence-corrected chi connectivity index (χ3v) is 21.5. The van der Waals surface area contributed by atoms with E-state index in [1.54, 1.807) is 30.3 Å². The number of imide groups is 2. The smallest absolute Gasteiger partial charge is 0.384 e. The summed E-state index contributed by atoms with van der Waals surface area (Å²) in [6.45, 7) is 13.1. The van der Waals surface area contributed by atoms with Gasteiger partial charge >= 0.3 is 5.51 Å². The van der Waals surface area contributed by atoms with Crippen molar-refractivity contribution in [2.24, 2.45) is 5.41 Å². The fourth-order valence-electron chi connectivity index (χ4n) is 12.2. The number of piperidine rings is 1. The van der Waals surface area contributed by atoms with E-state index in [0.717, 1.165) is 99.0 Å². The van der Waals surface area contributed by atoms with Crippen LogP contribution in [0, 0.1) is 5.41 Å². The number of sulfonamides is 1. The molecule has 0 spiro atoms. The summed E-state index contributed by atoms with van der Waals surface area (Å²) in [6.07, 6.45) is 5.12. The summed E-state index contributed by atoms with van der Waals surface area (Å²) in [6, 6.07) is 29.4. The fraction of sp³-hybridized carbons (Fsp3) is 0.422. The predicted molar refractivity (Wildman–Crippen MR) is 338 cm³/mol. The molecule has 10 rings (SSSR count). The lowest BCUT2D eigenvalue weighted by Gasteiger charge is -2.39. The molecule has 0 bridgehead atoms. The second-order valence-corrected chi connectivity index (χ2v) is 29.2. The zero-order chi connectivity index (χ0) is 63.3. The van der Waals surface area contributed by atoms with Gasteiger partial charge in [0.2, 0.25) is 11.8 Å². The maximum Gasteiger partial charge on any atom is 0.501 e. The predicted octanol–water partition coefficient (Wildman–Crippen LogP) is 9.41. The van der Waals surface area contributed by atoms with Crippen LogP contribution in [0.3, 0.4) is 0 Å². The lowest BCUT2D eigenvalue weighted by atomic mass is 9.73. The number of hydrogen-bond donors (Lipinski definition) is 4. The van der Waals surface area contributed by atoms with Gasteiger partial charge in [0.05, 0.1) is 21.7 Å². The first kappa shape index (κ1) is 65.2. The number of nitrogens with zero attached hydrogens (tertiary/aromatic N) is 5. The van der Waals surface area contributed by atoms with Gasteiger partial charge in [-0.05, 0) is 147 Å². The number of fused-ring (bicyclic) bond motifs is 1. The highest BCUT2D eigenvalue weighted by Gasteiger charge is 2.49. The van der Waals surface area contributed by atoms with E-state index in [1.165, 1.54) is 40.6 Å². The molecule has 4 aliphatic heterocycles. The number of nitrogens with one attached hydrogen (secondary N) is 4. The van der Waals surface area contributed by atoms with E-state index in [2.05, 4.69) is 61.5 Å². The molecule has 3 saturated heterocycles. The molecular weight excluding hydrogens is 1230 g/mol. The van der Waals surface area contributed by atoms with Crippen LogP contribution in [-0.2, 0) is 29.4 Å². The molecule has 5 aliphatic rings. The average molecular weight is 1300 g/mol. The van der Waals surface area contributed by atoms with E-state index in [4.69, 9.17) is 11.6 Å². The Labute approximate surface area is 526 Å². The number of amides is 5. The third-order valence-electron chi connectivity index (χ3n) is 17.2. The van der Waals surface area contributed by atoms with Gasteiger partial charge < -0.3 is 25.3 Å². The number of carbonyl (C=O) groups is 5. The van der Waals surface area contributed by atoms with Crippen LogP contribution in [0.5, 0.6) is 0 Å². The molecule has 2 atom stereocenters. The van der Waals surface area contributed by atoms with E-state index < -0.39 is 82.5 Å². The number of anilines is 3. The molecule has 5 aromatic rings. The number of benzene rings is 5. The van der Waals surface area contributed by atoms with Gasteiger partial charge in [-0.3, -0.25) is 39.1 Å². The van der Waals surface area contributed by atoms with Gasteiger partial charge in [-0.15, -0.1) is 11.8 Å². The fourth-order valence-corrected chi connectivity index (χ4v) is 15.4. The minimum atomic E-state index is -6.14. The topological polar surface area (TPSA) is 218 Å². The van der Waals surface area contributed by atoms with Crippen LogP contribution in [0.4, 0.5) is 30.2 Å². The quantitative estimate of drug-likeness (QED) is 0.0272. The molecule has 474 valence electrons. The van der Waals surface area contributed by atoms with Gasteiger partial charge in [0.1, 0.15) is 10.9 Å². The summed E-state index contributed by atoms with van der Waals surface area (Å²) in [4.78, 5) is 73.5. The van der Waals surface area contributed by atoms with Gasteiger partial charge in [-0.25, -0.2) is 21.6 Å². The molecular formula is C64H73ClF3N9O9S3. The summed E-state index contributed by atoms with van der Waals surface area (Å²) in [5, 5.41) is 9.24. The van der Waals surface area contributed by atoms with Gasteiger partial charge in [-0.2, -0.15) is 13.2 Å². The van der Waals surface area contributed by atoms with Crippen molar-refractivity contribution in [3.8, 4) is 0 Å². The maximum absolute atomic E-state index is 14.5. The maximum atomic E-state index is 14.5. The molecule has 18 nitrogen and oxygen atoms in total. The summed E-state index contributed by atoms with van der Waals surface area (Å²) in [5.41, 5.74) is -0.346. The summed E-state index contributed by atoms with van der Waals surface area (Å²) >= 11 is 7.64. The average Bonchev–Trinajstić information content (AvgIpc) is 1.62. The van der Waals surface area contributed by atoms with Crippen LogP contribution < -0.4 is 25.6 Å². The lowest BCUT2D eigenvalue weighted by molar-refractivity contribution is -0.136. The molecule has 2 unspecified atom stereocenters. The number of piperazine rings is 2. The highest BCUT2D eigenvalue weighted by Crippen LogP contribution is 2.43. The first-order chi connectivity index (χ1) is 42.4. The first-order valence-corrected chi connectivity index (χ1v) is 34.3. The minimum Gasteiger partial charge on any atom is -0.384 e. The Kier molecular flexibility index (Phi) is 20.3. The minimum absolute atomic E-state index is 0.0236. The van der Waals surface area contributed by atoms with E-state index >= 15 is 0 Å². The second kappa shape index (κ2) is 27.7. The normalized spacial score (nSPS) is 19.3. The van der Waals surface area contributed by atoms with E-state index in [0.29, 0.717) is 68.2 Å². The molecule has 5 amide bonds. The Morgan fingerprint density at radius 3 is 2.13 bits per heavy atom. The highest BCUT2D eigenvalue weighted by molar-refractivity contribution is 7.99. The van der Waals surface area contributed by atoms with Crippen molar-refractivity contribution in [2.75, 3.05) is 99.8 Å². The van der Waals surface area contributed by atoms with Crippen LogP contribution in [0.25, 0.3) is 5.57 Å². The Hall–Kier alpha value is -6.80. The Morgan fingerprint density at radius 2 is 1.45 bits per heavy atom. The van der Waals surface area contributed by atoms with Crippen molar-refractivity contribution < 1.29 is 54.0 Å². The lowest BCUT2D eigenvalue weighted by Crippen LogP contribution is -2.54. The number of halogens is 4. The van der Waals surface area contributed by atoms with Crippen LogP contribution in [0.1, 0.15) is 102 Å². The first-order valence-electron chi connectivity index (χ1n) is 30.0. The Balaban J connectivity index is 0.729. The summed E-state index contributed by atoms with van der Waals surface area (Å²) in [7, 11) is -11.1. The Morgan fingerprint density at radius 1 is 0.764 bits per heavy atom. The summed E-state index contributed by atoms with van der Waals surface area (Å²) in [5.74, 6) is -3.02. The van der Waals surface area contributed by atoms with Crippen LogP contribution in [-0.4, -0.2) is 168 Å². The number of hydrogen-bond acceptors (Lipinski definition) is 16. The number of sulfone groups is 1. The molecule has 0 saturated carbocycles. The van der Waals surface area contributed by atoms with Crippen molar-refractivity contribution in [3.05, 3.63) is 148 Å². The third kappa shape index (κ3) is 15.7. The molecule has 89 heavy (non-hydrogen) atoms. The van der Waals surface area contributed by atoms with Crippen LogP contribution >= 0.6 is 23.4 Å². The van der Waals surface area contributed by atoms with Gasteiger partial charge in [0.15, 0.2) is 0 Å². The zero-order valence-electron chi connectivity index (χ0n) is 49.6. The van der Waals surface area contributed by atoms with Gasteiger partial charge in [0.25, 0.3) is 37.6 Å². The van der Waals surface area contributed by atoms with Crippen LogP contribution in [0.15, 0.2) is 136 Å². The number of alkyl halides is 3. The second-order valence-electron chi connectivity index (χ2n) is 24.0. The van der Waals surface area contributed by atoms with Crippen molar-refractivity contribution in [3.63, 3.8) is 0 Å². The van der Waals surface area contributed by atoms with Crippen molar-refractivity contribution in [2.45, 2.75) is 97.5 Å². The van der Waals surface area contributed by atoms with Gasteiger partial charge in [-0.1, -0.05) is 67.4 Å². The van der Waals surface area contributed by atoms with Crippen molar-refractivity contribution in [1.82, 2.24) is 29.6 Å². The molecule has 5 aromatic carbocycles. The largest absolute Gasteiger partial charge is 0.501 e. The number of carbonyl (C=O) groups excluding carboxylic acids is 5. The molecule has 4 N–H and O–H groups in total. The number of thioether (sulfide) groups is 1. The van der Waals surface area contributed by atoms with E-state index in [9.17, 15) is 54.0 Å². The van der Waals surface area contributed by atoms with E-state index in [1.807, 2.05) is 47.2 Å². The number of allylic oxidation sites excluding steroid dienone is 1. The standard InChI is InChI=1S/C64H73ClF3N9O9S3/c1-63(2)27-25-51(43-13-17-46(65)18-14-43)45(40-63)41-75-35-37-76(38-36-75)48-19-15-44(16-20-48)59(79)72-89(85,86)50-21-22-53(56(39-50)88(83,84)64(66,67)68)70-47(42-87-49-9-4-3-5-10-49)26-30-74-33-31-73(32-34-74)29-7-6-28-69-54-12-8-11-52-58(54)62(82)77(61(52)81)55-23-24-57(78)71-60(55)80/h3-5,8-22,39,47,55,69-70H,6-7,23-38,40-42H2,1-2H3,(H,72,79)(H,71,78,80). The monoisotopic (exact) mass is 1300 g/mol.